The number of anilines is 1. The maximum absolute atomic E-state index is 11.9. The normalized spacial score (nSPS) is 10.2. The van der Waals surface area contributed by atoms with Crippen molar-refractivity contribution < 1.29 is 4.79 Å². The van der Waals surface area contributed by atoms with E-state index in [0.29, 0.717) is 15.2 Å². The number of rotatable bonds is 2. The molecule has 0 radical (unpaired) electrons. The van der Waals surface area contributed by atoms with Crippen LogP contribution in [0, 0.1) is 0 Å². The van der Waals surface area contributed by atoms with Crippen molar-refractivity contribution in [3.8, 4) is 0 Å². The Balaban J connectivity index is 2.24. The highest BCUT2D eigenvalue weighted by Gasteiger charge is 2.11. The summed E-state index contributed by atoms with van der Waals surface area (Å²) < 4.78 is 0.709. The van der Waals surface area contributed by atoms with Gasteiger partial charge in [-0.2, -0.15) is 0 Å². The van der Waals surface area contributed by atoms with Gasteiger partial charge in [0.25, 0.3) is 5.91 Å². The van der Waals surface area contributed by atoms with Crippen LogP contribution in [0.2, 0.25) is 10.2 Å². The van der Waals surface area contributed by atoms with Crippen LogP contribution < -0.4 is 5.32 Å². The summed E-state index contributed by atoms with van der Waals surface area (Å²) in [5.74, 6) is -0.403. The lowest BCUT2D eigenvalue weighted by Gasteiger charge is -2.06. The van der Waals surface area contributed by atoms with Gasteiger partial charge in [-0.1, -0.05) is 23.2 Å². The Morgan fingerprint density at radius 3 is 2.78 bits per heavy atom. The standard InChI is InChI=1S/C11H6BrCl2N3O/c12-6-3-8(10(14)16-5-6)17-11(18)9-4-7(13)1-2-15-9/h1-5H,(H,17,18). The average molecular weight is 347 g/mol. The van der Waals surface area contributed by atoms with Crippen LogP contribution in [0.3, 0.4) is 0 Å². The van der Waals surface area contributed by atoms with Crippen LogP contribution in [0.4, 0.5) is 5.69 Å². The third-order valence-corrected chi connectivity index (χ3v) is 2.98. The van der Waals surface area contributed by atoms with Gasteiger partial charge in [0, 0.05) is 21.9 Å². The fraction of sp³-hybridized carbons (Fsp3) is 0. The molecule has 0 aliphatic heterocycles. The highest BCUT2D eigenvalue weighted by atomic mass is 79.9. The van der Waals surface area contributed by atoms with Gasteiger partial charge in [-0.05, 0) is 34.1 Å². The minimum Gasteiger partial charge on any atom is -0.318 e. The van der Waals surface area contributed by atoms with Crippen molar-refractivity contribution in [1.82, 2.24) is 9.97 Å². The Morgan fingerprint density at radius 1 is 1.28 bits per heavy atom. The van der Waals surface area contributed by atoms with Gasteiger partial charge < -0.3 is 5.32 Å². The van der Waals surface area contributed by atoms with E-state index < -0.39 is 5.91 Å². The Morgan fingerprint density at radius 2 is 2.06 bits per heavy atom. The van der Waals surface area contributed by atoms with E-state index in [9.17, 15) is 4.79 Å². The first-order valence-electron chi connectivity index (χ1n) is 4.80. The molecule has 0 saturated carbocycles. The third kappa shape index (κ3) is 3.19. The van der Waals surface area contributed by atoms with Crippen LogP contribution >= 0.6 is 39.1 Å². The zero-order valence-corrected chi connectivity index (χ0v) is 11.9. The van der Waals surface area contributed by atoms with E-state index in [1.807, 2.05) is 0 Å². The van der Waals surface area contributed by atoms with Crippen molar-refractivity contribution in [3.63, 3.8) is 0 Å². The summed E-state index contributed by atoms with van der Waals surface area (Å²) in [4.78, 5) is 19.7. The van der Waals surface area contributed by atoms with Crippen LogP contribution in [0.5, 0.6) is 0 Å². The zero-order chi connectivity index (χ0) is 13.1. The molecule has 2 aromatic heterocycles. The lowest BCUT2D eigenvalue weighted by atomic mass is 10.3. The predicted molar refractivity (Wildman–Crippen MR) is 74.1 cm³/mol. The van der Waals surface area contributed by atoms with E-state index >= 15 is 0 Å². The Kier molecular flexibility index (Phi) is 4.16. The van der Waals surface area contributed by atoms with Crippen molar-refractivity contribution in [3.05, 3.63) is 50.9 Å². The van der Waals surface area contributed by atoms with Gasteiger partial charge in [0.1, 0.15) is 5.69 Å². The van der Waals surface area contributed by atoms with Gasteiger partial charge in [0.05, 0.1) is 5.69 Å². The Labute approximate surface area is 121 Å². The number of halogens is 3. The van der Waals surface area contributed by atoms with E-state index in [1.54, 1.807) is 12.1 Å². The van der Waals surface area contributed by atoms with Crippen LogP contribution in [0.15, 0.2) is 35.1 Å². The molecule has 0 aromatic carbocycles. The molecule has 0 fully saturated rings. The maximum Gasteiger partial charge on any atom is 0.274 e. The molecule has 0 aliphatic carbocycles. The fourth-order valence-corrected chi connectivity index (χ4v) is 1.87. The first kappa shape index (κ1) is 13.3. The van der Waals surface area contributed by atoms with E-state index in [4.69, 9.17) is 23.2 Å². The molecule has 0 atom stereocenters. The molecule has 92 valence electrons. The van der Waals surface area contributed by atoms with Gasteiger partial charge in [0.2, 0.25) is 0 Å². The van der Waals surface area contributed by atoms with Crippen molar-refractivity contribution in [2.24, 2.45) is 0 Å². The van der Waals surface area contributed by atoms with E-state index in [2.05, 4.69) is 31.2 Å². The molecule has 4 nitrogen and oxygen atoms in total. The Hall–Kier alpha value is -1.17. The number of carbonyl (C=O) groups excluding carboxylic acids is 1. The molecule has 2 heterocycles. The van der Waals surface area contributed by atoms with Gasteiger partial charge in [-0.15, -0.1) is 0 Å². The molecule has 0 saturated heterocycles. The summed E-state index contributed by atoms with van der Waals surface area (Å²) in [6.07, 6.45) is 2.99. The number of hydrogen-bond donors (Lipinski definition) is 1. The number of nitrogens with zero attached hydrogens (tertiary/aromatic N) is 2. The lowest BCUT2D eigenvalue weighted by molar-refractivity contribution is 0.102. The van der Waals surface area contributed by atoms with E-state index in [-0.39, 0.29) is 10.8 Å². The molecule has 1 N–H and O–H groups in total. The summed E-state index contributed by atoms with van der Waals surface area (Å²) in [6, 6.07) is 4.71. The fourth-order valence-electron chi connectivity index (χ4n) is 1.23. The topological polar surface area (TPSA) is 54.9 Å². The van der Waals surface area contributed by atoms with Gasteiger partial charge >= 0.3 is 0 Å². The largest absolute Gasteiger partial charge is 0.318 e. The predicted octanol–water partition coefficient (Wildman–Crippen LogP) is 3.80. The monoisotopic (exact) mass is 345 g/mol. The molecular formula is C11H6BrCl2N3O. The number of carbonyl (C=O) groups is 1. The molecule has 0 unspecified atom stereocenters. The molecule has 18 heavy (non-hydrogen) atoms. The minimum atomic E-state index is -0.403. The molecule has 2 aromatic rings. The van der Waals surface area contributed by atoms with Gasteiger partial charge in [-0.25, -0.2) is 4.98 Å². The van der Waals surface area contributed by atoms with Crippen molar-refractivity contribution >= 4 is 50.7 Å². The minimum absolute atomic E-state index is 0.202. The SMILES string of the molecule is O=C(Nc1cc(Br)cnc1Cl)c1cc(Cl)ccn1. The van der Waals surface area contributed by atoms with Crippen LogP contribution in [0.1, 0.15) is 10.5 Å². The molecule has 0 spiro atoms. The lowest BCUT2D eigenvalue weighted by Crippen LogP contribution is -2.14. The molecule has 0 bridgehead atoms. The first-order chi connectivity index (χ1) is 8.56. The smallest absolute Gasteiger partial charge is 0.274 e. The summed E-state index contributed by atoms with van der Waals surface area (Å²) in [5.41, 5.74) is 0.608. The summed E-state index contributed by atoms with van der Waals surface area (Å²) in [7, 11) is 0. The maximum atomic E-state index is 11.9. The van der Waals surface area contributed by atoms with Crippen LogP contribution in [-0.2, 0) is 0 Å². The number of aromatic nitrogens is 2. The number of hydrogen-bond acceptors (Lipinski definition) is 3. The third-order valence-electron chi connectivity index (χ3n) is 2.01. The molecular weight excluding hydrogens is 341 g/mol. The van der Waals surface area contributed by atoms with Crippen LogP contribution in [0.25, 0.3) is 0 Å². The van der Waals surface area contributed by atoms with Crippen molar-refractivity contribution in [2.75, 3.05) is 5.32 Å². The van der Waals surface area contributed by atoms with Crippen molar-refractivity contribution in [2.45, 2.75) is 0 Å². The first-order valence-corrected chi connectivity index (χ1v) is 6.35. The second-order valence-corrected chi connectivity index (χ2v) is 5.02. The highest BCUT2D eigenvalue weighted by molar-refractivity contribution is 9.10. The number of amides is 1. The zero-order valence-electron chi connectivity index (χ0n) is 8.82. The summed E-state index contributed by atoms with van der Waals surface area (Å²) in [5, 5.41) is 3.25. The quantitative estimate of drug-likeness (QED) is 0.841. The van der Waals surface area contributed by atoms with E-state index in [0.717, 1.165) is 0 Å². The number of pyridine rings is 2. The second kappa shape index (κ2) is 5.65. The molecule has 0 aliphatic rings. The Bertz CT molecular complexity index is 607. The molecule has 2 rings (SSSR count). The second-order valence-electron chi connectivity index (χ2n) is 3.31. The molecule has 7 heteroatoms. The summed E-state index contributed by atoms with van der Waals surface area (Å²) >= 11 is 14.9. The number of nitrogens with one attached hydrogen (secondary N) is 1. The van der Waals surface area contributed by atoms with E-state index in [1.165, 1.54) is 18.5 Å². The van der Waals surface area contributed by atoms with Gasteiger partial charge in [-0.3, -0.25) is 9.78 Å². The highest BCUT2D eigenvalue weighted by Crippen LogP contribution is 2.23. The molecule has 1 amide bonds. The van der Waals surface area contributed by atoms with Crippen LogP contribution in [-0.4, -0.2) is 15.9 Å². The van der Waals surface area contributed by atoms with Crippen molar-refractivity contribution in [1.29, 1.82) is 0 Å². The van der Waals surface area contributed by atoms with Gasteiger partial charge in [0.15, 0.2) is 5.15 Å². The average Bonchev–Trinajstić information content (AvgIpc) is 2.34. The summed E-state index contributed by atoms with van der Waals surface area (Å²) in [6.45, 7) is 0.